The molecule has 2 amide bonds. The standard InChI is InChI=1S/C26H37N3O5S/c1-7-20(4)27-26(31)21(5)28(17-22-14-10-9-13-19(22)3)25(30)18-29(35(6,32)33)23-15-11-12-16-24(23)34-8-2/h9-16,20-21H,7-8,17-18H2,1-6H3,(H,27,31). The van der Waals surface area contributed by atoms with Crippen LogP contribution in [0.25, 0.3) is 0 Å². The van der Waals surface area contributed by atoms with E-state index in [-0.39, 0.29) is 24.2 Å². The average molecular weight is 504 g/mol. The molecular formula is C26H37N3O5S. The molecule has 9 heteroatoms. The molecule has 1 N–H and O–H groups in total. The van der Waals surface area contributed by atoms with Gasteiger partial charge in [-0.15, -0.1) is 0 Å². The molecule has 0 spiro atoms. The molecule has 0 saturated carbocycles. The fourth-order valence-corrected chi connectivity index (χ4v) is 4.41. The number of rotatable bonds is 12. The molecule has 0 aliphatic heterocycles. The largest absolute Gasteiger partial charge is 0.492 e. The van der Waals surface area contributed by atoms with Gasteiger partial charge in [0.25, 0.3) is 0 Å². The van der Waals surface area contributed by atoms with Crippen LogP contribution in [-0.2, 0) is 26.2 Å². The van der Waals surface area contributed by atoms with Crippen molar-refractivity contribution in [2.24, 2.45) is 0 Å². The highest BCUT2D eigenvalue weighted by Crippen LogP contribution is 2.30. The number of aryl methyl sites for hydroxylation is 1. The molecular weight excluding hydrogens is 466 g/mol. The molecule has 2 aromatic rings. The average Bonchev–Trinajstić information content (AvgIpc) is 2.81. The number of hydrogen-bond acceptors (Lipinski definition) is 5. The minimum Gasteiger partial charge on any atom is -0.492 e. The Bertz CT molecular complexity index is 1120. The summed E-state index contributed by atoms with van der Waals surface area (Å²) in [5, 5.41) is 2.92. The number of ether oxygens (including phenoxy) is 1. The Morgan fingerprint density at radius 3 is 2.26 bits per heavy atom. The van der Waals surface area contributed by atoms with Crippen LogP contribution in [0.3, 0.4) is 0 Å². The third kappa shape index (κ3) is 7.71. The van der Waals surface area contributed by atoms with Gasteiger partial charge in [0.05, 0.1) is 18.6 Å². The van der Waals surface area contributed by atoms with Gasteiger partial charge in [0.1, 0.15) is 18.3 Å². The summed E-state index contributed by atoms with van der Waals surface area (Å²) in [5.74, 6) is -0.417. The van der Waals surface area contributed by atoms with Crippen LogP contribution in [0.15, 0.2) is 48.5 Å². The maximum absolute atomic E-state index is 13.7. The smallest absolute Gasteiger partial charge is 0.244 e. The lowest BCUT2D eigenvalue weighted by molar-refractivity contribution is -0.139. The van der Waals surface area contributed by atoms with Crippen molar-refractivity contribution < 1.29 is 22.7 Å². The van der Waals surface area contributed by atoms with Crippen molar-refractivity contribution in [2.45, 2.75) is 59.7 Å². The van der Waals surface area contributed by atoms with E-state index in [1.165, 1.54) is 4.90 Å². The van der Waals surface area contributed by atoms with Gasteiger partial charge in [-0.05, 0) is 57.4 Å². The first-order valence-electron chi connectivity index (χ1n) is 11.8. The van der Waals surface area contributed by atoms with Gasteiger partial charge in [-0.1, -0.05) is 43.3 Å². The molecule has 0 fully saturated rings. The van der Waals surface area contributed by atoms with Crippen LogP contribution in [0.1, 0.15) is 45.2 Å². The highest BCUT2D eigenvalue weighted by atomic mass is 32.2. The van der Waals surface area contributed by atoms with E-state index in [2.05, 4.69) is 5.32 Å². The molecule has 2 atom stereocenters. The number of benzene rings is 2. The lowest BCUT2D eigenvalue weighted by Gasteiger charge is -2.32. The van der Waals surface area contributed by atoms with Crippen molar-refractivity contribution in [1.82, 2.24) is 10.2 Å². The molecule has 2 aromatic carbocycles. The number of carbonyl (C=O) groups excluding carboxylic acids is 2. The van der Waals surface area contributed by atoms with Crippen molar-refractivity contribution in [3.8, 4) is 5.75 Å². The van der Waals surface area contributed by atoms with E-state index in [1.54, 1.807) is 38.1 Å². The van der Waals surface area contributed by atoms with Gasteiger partial charge in [0.2, 0.25) is 21.8 Å². The number of para-hydroxylation sites is 2. The number of carbonyl (C=O) groups is 2. The van der Waals surface area contributed by atoms with Crippen molar-refractivity contribution in [1.29, 1.82) is 0 Å². The van der Waals surface area contributed by atoms with E-state index in [0.717, 1.165) is 28.1 Å². The zero-order valence-electron chi connectivity index (χ0n) is 21.4. The summed E-state index contributed by atoms with van der Waals surface area (Å²) in [6.45, 7) is 9.31. The predicted molar refractivity (Wildman–Crippen MR) is 139 cm³/mol. The van der Waals surface area contributed by atoms with E-state index >= 15 is 0 Å². The summed E-state index contributed by atoms with van der Waals surface area (Å²) in [5.41, 5.74) is 2.13. The second kappa shape index (κ2) is 12.6. The monoisotopic (exact) mass is 503 g/mol. The van der Waals surface area contributed by atoms with E-state index in [0.29, 0.717) is 12.4 Å². The summed E-state index contributed by atoms with van der Waals surface area (Å²) in [4.78, 5) is 28.1. The molecule has 8 nitrogen and oxygen atoms in total. The SMILES string of the molecule is CCOc1ccccc1N(CC(=O)N(Cc1ccccc1C)C(C)C(=O)NC(C)CC)S(C)(=O)=O. The molecule has 0 heterocycles. The third-order valence-electron chi connectivity index (χ3n) is 5.88. The number of hydrogen-bond donors (Lipinski definition) is 1. The molecule has 2 rings (SSSR count). The zero-order valence-corrected chi connectivity index (χ0v) is 22.3. The summed E-state index contributed by atoms with van der Waals surface area (Å²) < 4.78 is 32.2. The van der Waals surface area contributed by atoms with E-state index in [1.807, 2.05) is 45.0 Å². The Labute approximate surface area is 209 Å². The molecule has 192 valence electrons. The number of anilines is 1. The summed E-state index contributed by atoms with van der Waals surface area (Å²) in [6.07, 6.45) is 1.80. The Morgan fingerprint density at radius 1 is 1.03 bits per heavy atom. The zero-order chi connectivity index (χ0) is 26.2. The first-order chi connectivity index (χ1) is 16.5. The fourth-order valence-electron chi connectivity index (χ4n) is 3.55. The first kappa shape index (κ1) is 28.2. The second-order valence-electron chi connectivity index (χ2n) is 8.61. The van der Waals surface area contributed by atoms with Gasteiger partial charge in [-0.2, -0.15) is 0 Å². The Kier molecular flexibility index (Phi) is 10.1. The molecule has 2 unspecified atom stereocenters. The van der Waals surface area contributed by atoms with E-state index in [4.69, 9.17) is 4.74 Å². The molecule has 0 aromatic heterocycles. The van der Waals surface area contributed by atoms with E-state index in [9.17, 15) is 18.0 Å². The molecule has 0 saturated heterocycles. The second-order valence-corrected chi connectivity index (χ2v) is 10.5. The molecule has 0 bridgehead atoms. The molecule has 0 aliphatic carbocycles. The Morgan fingerprint density at radius 2 is 1.66 bits per heavy atom. The van der Waals surface area contributed by atoms with Crippen LogP contribution in [0, 0.1) is 6.92 Å². The lowest BCUT2D eigenvalue weighted by Crippen LogP contribution is -2.52. The van der Waals surface area contributed by atoms with Crippen molar-refractivity contribution in [2.75, 3.05) is 23.7 Å². The van der Waals surface area contributed by atoms with Gasteiger partial charge in [-0.25, -0.2) is 8.42 Å². The fraction of sp³-hybridized carbons (Fsp3) is 0.462. The summed E-state index contributed by atoms with van der Waals surface area (Å²) in [6, 6.07) is 13.4. The van der Waals surface area contributed by atoms with Crippen LogP contribution in [0.2, 0.25) is 0 Å². The van der Waals surface area contributed by atoms with Crippen molar-refractivity contribution in [3.63, 3.8) is 0 Å². The Hall–Kier alpha value is -3.07. The normalized spacial score (nSPS) is 13.0. The highest BCUT2D eigenvalue weighted by molar-refractivity contribution is 7.92. The van der Waals surface area contributed by atoms with Crippen molar-refractivity contribution in [3.05, 3.63) is 59.7 Å². The number of sulfonamides is 1. The number of nitrogens with zero attached hydrogens (tertiary/aromatic N) is 2. The lowest BCUT2D eigenvalue weighted by atomic mass is 10.1. The van der Waals surface area contributed by atoms with Crippen LogP contribution < -0.4 is 14.4 Å². The first-order valence-corrected chi connectivity index (χ1v) is 13.7. The maximum Gasteiger partial charge on any atom is 0.244 e. The van der Waals surface area contributed by atoms with Crippen LogP contribution in [0.5, 0.6) is 5.75 Å². The number of amides is 2. The summed E-state index contributed by atoms with van der Waals surface area (Å²) in [7, 11) is -3.83. The third-order valence-corrected chi connectivity index (χ3v) is 7.01. The molecule has 0 aliphatic rings. The van der Waals surface area contributed by atoms with Crippen LogP contribution >= 0.6 is 0 Å². The van der Waals surface area contributed by atoms with E-state index < -0.39 is 28.5 Å². The van der Waals surface area contributed by atoms with Gasteiger partial charge >= 0.3 is 0 Å². The quantitative estimate of drug-likeness (QED) is 0.478. The Balaban J connectivity index is 2.45. The maximum atomic E-state index is 13.7. The minimum absolute atomic E-state index is 0.0500. The van der Waals surface area contributed by atoms with Crippen LogP contribution in [0.4, 0.5) is 5.69 Å². The van der Waals surface area contributed by atoms with Gasteiger partial charge in [0, 0.05) is 12.6 Å². The number of nitrogens with one attached hydrogen (secondary N) is 1. The molecule has 0 radical (unpaired) electrons. The molecule has 35 heavy (non-hydrogen) atoms. The van der Waals surface area contributed by atoms with Gasteiger partial charge in [0.15, 0.2) is 0 Å². The minimum atomic E-state index is -3.83. The van der Waals surface area contributed by atoms with Gasteiger partial charge in [-0.3, -0.25) is 13.9 Å². The topological polar surface area (TPSA) is 96.0 Å². The van der Waals surface area contributed by atoms with Gasteiger partial charge < -0.3 is 15.0 Å². The van der Waals surface area contributed by atoms with Crippen molar-refractivity contribution >= 4 is 27.5 Å². The predicted octanol–water partition coefficient (Wildman–Crippen LogP) is 3.49. The highest BCUT2D eigenvalue weighted by Gasteiger charge is 2.31. The van der Waals surface area contributed by atoms with Crippen LogP contribution in [-0.4, -0.2) is 56.6 Å². The summed E-state index contributed by atoms with van der Waals surface area (Å²) >= 11 is 0.